The number of benzene rings is 3. The van der Waals surface area contributed by atoms with Crippen LogP contribution in [-0.2, 0) is 33.0 Å². The van der Waals surface area contributed by atoms with E-state index in [9.17, 15) is 16.8 Å². The lowest BCUT2D eigenvalue weighted by atomic mass is 10.0. The van der Waals surface area contributed by atoms with Gasteiger partial charge in [0.05, 0.1) is 12.0 Å². The fourth-order valence-electron chi connectivity index (χ4n) is 3.73. The van der Waals surface area contributed by atoms with Gasteiger partial charge in [0, 0.05) is 23.8 Å². The number of ether oxygens (including phenoxy) is 1. The van der Waals surface area contributed by atoms with Gasteiger partial charge in [-0.25, -0.2) is 16.8 Å². The molecule has 174 valence electrons. The molecule has 0 atom stereocenters. The van der Waals surface area contributed by atoms with Gasteiger partial charge in [0.2, 0.25) is 10.0 Å². The molecule has 0 amide bonds. The van der Waals surface area contributed by atoms with Crippen molar-refractivity contribution in [2.75, 3.05) is 18.4 Å². The van der Waals surface area contributed by atoms with Crippen LogP contribution in [0.3, 0.4) is 0 Å². The molecule has 0 unspecified atom stereocenters. The van der Waals surface area contributed by atoms with E-state index in [0.29, 0.717) is 18.7 Å². The number of anilines is 1. The van der Waals surface area contributed by atoms with Crippen molar-refractivity contribution in [1.29, 1.82) is 0 Å². The second kappa shape index (κ2) is 8.98. The fraction of sp³-hybridized carbons (Fsp3) is 0.217. The largest absolute Gasteiger partial charge is 0.495 e. The number of nitrogens with zero attached hydrogens (tertiary/aromatic N) is 1. The van der Waals surface area contributed by atoms with Gasteiger partial charge in [0.15, 0.2) is 0 Å². The summed E-state index contributed by atoms with van der Waals surface area (Å²) >= 11 is 5.99. The van der Waals surface area contributed by atoms with E-state index in [4.69, 9.17) is 16.3 Å². The maximum absolute atomic E-state index is 13.1. The smallest absolute Gasteiger partial charge is 0.265 e. The topological polar surface area (TPSA) is 92.8 Å². The molecule has 0 fully saturated rings. The minimum absolute atomic E-state index is 0.0844. The molecule has 0 aliphatic carbocycles. The second-order valence-electron chi connectivity index (χ2n) is 7.79. The van der Waals surface area contributed by atoms with Gasteiger partial charge in [0.25, 0.3) is 10.0 Å². The summed E-state index contributed by atoms with van der Waals surface area (Å²) in [5, 5.41) is 0.263. The van der Waals surface area contributed by atoms with E-state index >= 15 is 0 Å². The van der Waals surface area contributed by atoms with Crippen molar-refractivity contribution in [2.24, 2.45) is 0 Å². The Bertz CT molecular complexity index is 1410. The number of sulfonamides is 2. The third-order valence-electron chi connectivity index (χ3n) is 5.51. The molecule has 1 heterocycles. The molecule has 7 nitrogen and oxygen atoms in total. The Kier molecular flexibility index (Phi) is 6.41. The quantitative estimate of drug-likeness (QED) is 0.540. The second-order valence-corrected chi connectivity index (χ2v) is 11.8. The molecule has 1 aliphatic rings. The predicted octanol–water partition coefficient (Wildman–Crippen LogP) is 4.20. The fourth-order valence-corrected chi connectivity index (χ4v) is 6.63. The molecule has 4 rings (SSSR count). The molecule has 0 spiro atoms. The third-order valence-corrected chi connectivity index (χ3v) is 9.01. The summed E-state index contributed by atoms with van der Waals surface area (Å²) in [6.07, 6.45) is 0.537. The van der Waals surface area contributed by atoms with E-state index in [1.54, 1.807) is 42.5 Å². The number of aryl methyl sites for hydroxylation is 1. The van der Waals surface area contributed by atoms with Crippen LogP contribution < -0.4 is 9.46 Å². The monoisotopic (exact) mass is 506 g/mol. The molecule has 10 heteroatoms. The average molecular weight is 507 g/mol. The normalized spacial score (nSPS) is 14.5. The van der Waals surface area contributed by atoms with E-state index in [2.05, 4.69) is 4.72 Å². The lowest BCUT2D eigenvalue weighted by Crippen LogP contribution is -2.36. The number of fused-ring (bicyclic) bond motifs is 1. The third kappa shape index (κ3) is 4.86. The summed E-state index contributed by atoms with van der Waals surface area (Å²) in [6.45, 7) is 2.41. The van der Waals surface area contributed by atoms with Gasteiger partial charge in [-0.05, 0) is 66.9 Å². The molecular weight excluding hydrogens is 484 g/mol. The standard InChI is InChI=1S/C23H23ClN2O5S2/c1-16-3-8-21(9-4-16)33(29,30)26-12-11-17-5-7-20(13-18(17)15-26)25-32(27,28)23-14-19(24)6-10-22(23)31-2/h3-10,13-14,25H,11-12,15H2,1-2H3. The first-order chi connectivity index (χ1) is 15.6. The minimum Gasteiger partial charge on any atom is -0.495 e. The van der Waals surface area contributed by atoms with Crippen molar-refractivity contribution >= 4 is 37.3 Å². The Hall–Kier alpha value is -2.59. The highest BCUT2D eigenvalue weighted by atomic mass is 35.5. The van der Waals surface area contributed by atoms with Gasteiger partial charge >= 0.3 is 0 Å². The highest BCUT2D eigenvalue weighted by molar-refractivity contribution is 7.92. The molecule has 0 radical (unpaired) electrons. The number of methoxy groups -OCH3 is 1. The lowest BCUT2D eigenvalue weighted by Gasteiger charge is -2.28. The SMILES string of the molecule is COc1ccc(Cl)cc1S(=O)(=O)Nc1ccc2c(c1)CN(S(=O)(=O)c1ccc(C)cc1)CC2. The minimum atomic E-state index is -3.99. The van der Waals surface area contributed by atoms with Crippen LogP contribution in [0.15, 0.2) is 70.5 Å². The number of nitrogens with one attached hydrogen (secondary N) is 1. The number of rotatable bonds is 6. The summed E-state index contributed by atoms with van der Waals surface area (Å²) in [7, 11) is -6.27. The van der Waals surface area contributed by atoms with Crippen LogP contribution in [-0.4, -0.2) is 34.8 Å². The summed E-state index contributed by atoms with van der Waals surface area (Å²) in [6, 6.07) is 16.2. The van der Waals surface area contributed by atoms with E-state index < -0.39 is 20.0 Å². The maximum atomic E-state index is 13.1. The van der Waals surface area contributed by atoms with Gasteiger partial charge in [0.1, 0.15) is 10.6 Å². The van der Waals surface area contributed by atoms with Crippen LogP contribution in [0, 0.1) is 6.92 Å². The zero-order chi connectivity index (χ0) is 23.8. The van der Waals surface area contributed by atoms with Gasteiger partial charge in [-0.15, -0.1) is 0 Å². The zero-order valence-electron chi connectivity index (χ0n) is 18.1. The van der Waals surface area contributed by atoms with Gasteiger partial charge in [-0.2, -0.15) is 4.31 Å². The van der Waals surface area contributed by atoms with Crippen molar-refractivity contribution in [3.8, 4) is 5.75 Å². The Morgan fingerprint density at radius 1 is 0.939 bits per heavy atom. The van der Waals surface area contributed by atoms with Crippen LogP contribution in [0.25, 0.3) is 0 Å². The molecule has 0 saturated heterocycles. The van der Waals surface area contributed by atoms with Crippen molar-refractivity contribution < 1.29 is 21.6 Å². The first-order valence-corrected chi connectivity index (χ1v) is 13.5. The molecule has 3 aromatic rings. The molecule has 1 N–H and O–H groups in total. The predicted molar refractivity (Wildman–Crippen MR) is 128 cm³/mol. The summed E-state index contributed by atoms with van der Waals surface area (Å²) in [5.74, 6) is 0.167. The average Bonchev–Trinajstić information content (AvgIpc) is 2.78. The molecule has 33 heavy (non-hydrogen) atoms. The van der Waals surface area contributed by atoms with E-state index in [1.807, 2.05) is 13.0 Å². The first kappa shape index (κ1) is 23.6. The van der Waals surface area contributed by atoms with Crippen LogP contribution in [0.2, 0.25) is 5.02 Å². The first-order valence-electron chi connectivity index (χ1n) is 10.1. The molecule has 3 aromatic carbocycles. The molecule has 0 saturated carbocycles. The highest BCUT2D eigenvalue weighted by Crippen LogP contribution is 2.31. The number of hydrogen-bond donors (Lipinski definition) is 1. The maximum Gasteiger partial charge on any atom is 0.265 e. The van der Waals surface area contributed by atoms with Crippen molar-refractivity contribution in [2.45, 2.75) is 29.7 Å². The molecule has 1 aliphatic heterocycles. The summed E-state index contributed by atoms with van der Waals surface area (Å²) in [5.41, 5.74) is 3.03. The van der Waals surface area contributed by atoms with E-state index in [0.717, 1.165) is 16.7 Å². The van der Waals surface area contributed by atoms with Crippen LogP contribution >= 0.6 is 11.6 Å². The number of halogens is 1. The summed E-state index contributed by atoms with van der Waals surface area (Å²) < 4.78 is 61.3. The van der Waals surface area contributed by atoms with E-state index in [1.165, 1.54) is 23.5 Å². The van der Waals surface area contributed by atoms with Gasteiger partial charge in [-0.1, -0.05) is 35.4 Å². The van der Waals surface area contributed by atoms with Gasteiger partial charge < -0.3 is 4.74 Å². The van der Waals surface area contributed by atoms with Crippen LogP contribution in [0.4, 0.5) is 5.69 Å². The van der Waals surface area contributed by atoms with Crippen LogP contribution in [0.5, 0.6) is 5.75 Å². The van der Waals surface area contributed by atoms with E-state index in [-0.39, 0.29) is 27.1 Å². The molecular formula is C23H23ClN2O5S2. The molecule has 0 bridgehead atoms. The van der Waals surface area contributed by atoms with Crippen molar-refractivity contribution in [3.63, 3.8) is 0 Å². The Morgan fingerprint density at radius 2 is 1.67 bits per heavy atom. The molecule has 0 aromatic heterocycles. The Balaban J connectivity index is 1.61. The number of hydrogen-bond acceptors (Lipinski definition) is 5. The zero-order valence-corrected chi connectivity index (χ0v) is 20.5. The Morgan fingerprint density at radius 3 is 2.36 bits per heavy atom. The van der Waals surface area contributed by atoms with Crippen molar-refractivity contribution in [1.82, 2.24) is 4.31 Å². The lowest BCUT2D eigenvalue weighted by molar-refractivity contribution is 0.391. The summed E-state index contributed by atoms with van der Waals surface area (Å²) in [4.78, 5) is 0.153. The Labute approximate surface area is 199 Å². The van der Waals surface area contributed by atoms with Gasteiger partial charge in [-0.3, -0.25) is 4.72 Å². The highest BCUT2D eigenvalue weighted by Gasteiger charge is 2.29. The van der Waals surface area contributed by atoms with Crippen LogP contribution in [0.1, 0.15) is 16.7 Å². The van der Waals surface area contributed by atoms with Crippen molar-refractivity contribution in [3.05, 3.63) is 82.4 Å².